The van der Waals surface area contributed by atoms with Crippen LogP contribution < -0.4 is 10.6 Å². The third kappa shape index (κ3) is 2.29. The van der Waals surface area contributed by atoms with Crippen LogP contribution in [0, 0.1) is 0 Å². The number of anilines is 2. The topological polar surface area (TPSA) is 42.2 Å². The number of aromatic nitrogens is 1. The maximum absolute atomic E-state index is 6.36. The van der Waals surface area contributed by atoms with E-state index >= 15 is 0 Å². The SMILES string of the molecule is CCC1CCCCCN1c1ccc2scnc2c1N. The zero-order chi connectivity index (χ0) is 13.2. The normalized spacial score (nSPS) is 20.7. The molecule has 1 fully saturated rings. The minimum Gasteiger partial charge on any atom is -0.395 e. The number of rotatable bonds is 2. The van der Waals surface area contributed by atoms with Crippen LogP contribution in [0.3, 0.4) is 0 Å². The van der Waals surface area contributed by atoms with E-state index in [1.165, 1.54) is 42.5 Å². The second kappa shape index (κ2) is 5.37. The Hall–Kier alpha value is -1.29. The first-order chi connectivity index (χ1) is 9.31. The summed E-state index contributed by atoms with van der Waals surface area (Å²) in [6.45, 7) is 3.40. The van der Waals surface area contributed by atoms with Crippen LogP contribution in [0.1, 0.15) is 39.0 Å². The summed E-state index contributed by atoms with van der Waals surface area (Å²) >= 11 is 1.66. The average molecular weight is 275 g/mol. The van der Waals surface area contributed by atoms with Gasteiger partial charge in [-0.1, -0.05) is 19.8 Å². The van der Waals surface area contributed by atoms with Crippen LogP contribution in [-0.2, 0) is 0 Å². The molecule has 1 aromatic heterocycles. The van der Waals surface area contributed by atoms with Gasteiger partial charge in [0.2, 0.25) is 0 Å². The highest BCUT2D eigenvalue weighted by Crippen LogP contribution is 2.35. The Labute approximate surface area is 118 Å². The summed E-state index contributed by atoms with van der Waals surface area (Å²) in [4.78, 5) is 6.93. The fourth-order valence-electron chi connectivity index (χ4n) is 3.11. The molecule has 1 aliphatic rings. The third-order valence-electron chi connectivity index (χ3n) is 4.18. The number of hydrogen-bond acceptors (Lipinski definition) is 4. The molecule has 3 nitrogen and oxygen atoms in total. The molecule has 1 aliphatic heterocycles. The summed E-state index contributed by atoms with van der Waals surface area (Å²) in [6, 6.07) is 4.97. The Morgan fingerprint density at radius 3 is 3.11 bits per heavy atom. The molecular weight excluding hydrogens is 254 g/mol. The van der Waals surface area contributed by atoms with Crippen molar-refractivity contribution < 1.29 is 0 Å². The lowest BCUT2D eigenvalue weighted by molar-refractivity contribution is 0.557. The number of hydrogen-bond donors (Lipinski definition) is 1. The van der Waals surface area contributed by atoms with E-state index in [-0.39, 0.29) is 0 Å². The van der Waals surface area contributed by atoms with E-state index in [9.17, 15) is 0 Å². The van der Waals surface area contributed by atoms with Gasteiger partial charge in [-0.15, -0.1) is 11.3 Å². The van der Waals surface area contributed by atoms with Gasteiger partial charge in [-0.25, -0.2) is 4.98 Å². The zero-order valence-electron chi connectivity index (χ0n) is 11.4. The smallest absolute Gasteiger partial charge is 0.106 e. The second-order valence-corrected chi connectivity index (χ2v) is 6.19. The summed E-state index contributed by atoms with van der Waals surface area (Å²) in [7, 11) is 0. The van der Waals surface area contributed by atoms with Gasteiger partial charge in [0.05, 0.1) is 21.6 Å². The van der Waals surface area contributed by atoms with E-state index in [0.29, 0.717) is 6.04 Å². The molecule has 1 saturated heterocycles. The van der Waals surface area contributed by atoms with E-state index < -0.39 is 0 Å². The standard InChI is InChI=1S/C15H21N3S/c1-2-11-6-4-3-5-9-18(11)12-7-8-13-15(14(12)16)17-10-19-13/h7-8,10-11H,2-6,9,16H2,1H3. The van der Waals surface area contributed by atoms with Crippen LogP contribution >= 0.6 is 11.3 Å². The van der Waals surface area contributed by atoms with Gasteiger partial charge in [-0.05, 0) is 31.4 Å². The number of fused-ring (bicyclic) bond motifs is 1. The van der Waals surface area contributed by atoms with Gasteiger partial charge in [0.15, 0.2) is 0 Å². The molecule has 0 radical (unpaired) electrons. The van der Waals surface area contributed by atoms with Gasteiger partial charge in [0.1, 0.15) is 5.52 Å². The average Bonchev–Trinajstić information content (AvgIpc) is 2.78. The van der Waals surface area contributed by atoms with Gasteiger partial charge in [0.25, 0.3) is 0 Å². The van der Waals surface area contributed by atoms with Gasteiger partial charge in [0, 0.05) is 12.6 Å². The number of benzene rings is 1. The quantitative estimate of drug-likeness (QED) is 0.841. The van der Waals surface area contributed by atoms with Crippen LogP contribution in [0.4, 0.5) is 11.4 Å². The highest BCUT2D eigenvalue weighted by Gasteiger charge is 2.22. The number of nitrogen functional groups attached to an aromatic ring is 1. The molecule has 0 bridgehead atoms. The zero-order valence-corrected chi connectivity index (χ0v) is 12.2. The Morgan fingerprint density at radius 2 is 2.26 bits per heavy atom. The molecule has 2 aromatic rings. The van der Waals surface area contributed by atoms with Crippen molar-refractivity contribution in [2.45, 2.75) is 45.1 Å². The Balaban J connectivity index is 2.03. The van der Waals surface area contributed by atoms with Crippen LogP contribution in [0.2, 0.25) is 0 Å². The molecule has 1 aromatic carbocycles. The van der Waals surface area contributed by atoms with Crippen molar-refractivity contribution in [3.63, 3.8) is 0 Å². The first-order valence-electron chi connectivity index (χ1n) is 7.19. The molecule has 1 unspecified atom stereocenters. The molecule has 3 rings (SSSR count). The van der Waals surface area contributed by atoms with Crippen molar-refractivity contribution in [2.75, 3.05) is 17.2 Å². The molecule has 19 heavy (non-hydrogen) atoms. The van der Waals surface area contributed by atoms with Crippen LogP contribution in [0.15, 0.2) is 17.6 Å². The van der Waals surface area contributed by atoms with Crippen molar-refractivity contribution in [1.82, 2.24) is 4.98 Å². The lowest BCUT2D eigenvalue weighted by Gasteiger charge is -2.32. The summed E-state index contributed by atoms with van der Waals surface area (Å²) in [5.74, 6) is 0. The molecule has 0 amide bonds. The summed E-state index contributed by atoms with van der Waals surface area (Å²) in [5.41, 5.74) is 11.3. The fraction of sp³-hybridized carbons (Fsp3) is 0.533. The summed E-state index contributed by atoms with van der Waals surface area (Å²) < 4.78 is 1.18. The minimum atomic E-state index is 0.626. The maximum Gasteiger partial charge on any atom is 0.106 e. The summed E-state index contributed by atoms with van der Waals surface area (Å²) in [6.07, 6.45) is 6.42. The Morgan fingerprint density at radius 1 is 1.37 bits per heavy atom. The number of nitrogens with zero attached hydrogens (tertiary/aromatic N) is 2. The van der Waals surface area contributed by atoms with Crippen molar-refractivity contribution in [3.05, 3.63) is 17.6 Å². The van der Waals surface area contributed by atoms with E-state index in [2.05, 4.69) is 28.9 Å². The van der Waals surface area contributed by atoms with Crippen molar-refractivity contribution >= 4 is 32.9 Å². The Bertz CT molecular complexity index is 564. The van der Waals surface area contributed by atoms with E-state index in [1.54, 1.807) is 11.3 Å². The predicted octanol–water partition coefficient (Wildman–Crippen LogP) is 4.04. The van der Waals surface area contributed by atoms with Crippen molar-refractivity contribution in [1.29, 1.82) is 0 Å². The highest BCUT2D eigenvalue weighted by molar-refractivity contribution is 7.16. The van der Waals surface area contributed by atoms with Crippen LogP contribution in [0.5, 0.6) is 0 Å². The lowest BCUT2D eigenvalue weighted by Crippen LogP contribution is -2.34. The summed E-state index contributed by atoms with van der Waals surface area (Å²) in [5, 5.41) is 0. The molecule has 0 spiro atoms. The Kier molecular flexibility index (Phi) is 3.60. The van der Waals surface area contributed by atoms with Gasteiger partial charge in [-0.3, -0.25) is 0 Å². The second-order valence-electron chi connectivity index (χ2n) is 5.30. The lowest BCUT2D eigenvalue weighted by atomic mass is 10.1. The molecule has 4 heteroatoms. The predicted molar refractivity (Wildman–Crippen MR) is 83.9 cm³/mol. The van der Waals surface area contributed by atoms with Crippen LogP contribution in [0.25, 0.3) is 10.2 Å². The fourth-order valence-corrected chi connectivity index (χ4v) is 3.80. The van der Waals surface area contributed by atoms with Crippen molar-refractivity contribution in [2.24, 2.45) is 0 Å². The first kappa shape index (κ1) is 12.7. The largest absolute Gasteiger partial charge is 0.395 e. The van der Waals surface area contributed by atoms with E-state index in [1.807, 2.05) is 5.51 Å². The van der Waals surface area contributed by atoms with Gasteiger partial charge in [-0.2, -0.15) is 0 Å². The third-order valence-corrected chi connectivity index (χ3v) is 4.97. The number of thiazole rings is 1. The molecule has 0 aliphatic carbocycles. The molecule has 1 atom stereocenters. The van der Waals surface area contributed by atoms with Gasteiger partial charge < -0.3 is 10.6 Å². The number of nitrogens with two attached hydrogens (primary N) is 1. The minimum absolute atomic E-state index is 0.626. The van der Waals surface area contributed by atoms with Crippen molar-refractivity contribution in [3.8, 4) is 0 Å². The van der Waals surface area contributed by atoms with Crippen LogP contribution in [-0.4, -0.2) is 17.6 Å². The van der Waals surface area contributed by atoms with E-state index in [0.717, 1.165) is 17.7 Å². The molecule has 0 saturated carbocycles. The molecular formula is C15H21N3S. The maximum atomic E-state index is 6.36. The highest BCUT2D eigenvalue weighted by atomic mass is 32.1. The first-order valence-corrected chi connectivity index (χ1v) is 8.07. The monoisotopic (exact) mass is 275 g/mol. The van der Waals surface area contributed by atoms with Gasteiger partial charge >= 0.3 is 0 Å². The molecule has 2 N–H and O–H groups in total. The van der Waals surface area contributed by atoms with E-state index in [4.69, 9.17) is 5.73 Å². The molecule has 102 valence electrons. The molecule has 2 heterocycles.